The Bertz CT molecular complexity index is 2440. The molecule has 24 atom stereocenters. The van der Waals surface area contributed by atoms with Gasteiger partial charge in [-0.3, -0.25) is 28.0 Å². The maximum atomic E-state index is 12.8. The van der Waals surface area contributed by atoms with E-state index in [2.05, 4.69) is 23.2 Å². The van der Waals surface area contributed by atoms with Gasteiger partial charge in [-0.25, -0.2) is 22.1 Å². The smallest absolute Gasteiger partial charge is 0.397 e. The van der Waals surface area contributed by atoms with Gasteiger partial charge in [0.05, 0.1) is 32.5 Å². The first-order valence-electron chi connectivity index (χ1n) is 22.5. The van der Waals surface area contributed by atoms with Crippen LogP contribution in [0.1, 0.15) is 20.8 Å². The first-order valence-corrected chi connectivity index (χ1v) is 26.6. The molecule has 4 fully saturated rings. The quantitative estimate of drug-likeness (QED) is 0.0358. The summed E-state index contributed by atoms with van der Waals surface area (Å²) in [6.07, 6.45) is -52.4. The summed E-state index contributed by atoms with van der Waals surface area (Å²) in [6, 6.07) is -6.32. The standard InChI is InChI=1S/C36H59N3O37S3/c1-8(44)37-11(4-40)22(23(12(47)5-41)74-77(57,58)59)68-35-20(51)18(49)28(30(72-35)32(55)56)71-34-16(39-10(3)46)26(25(14(7-43)67-34)76-79(63,64)65)69-36-21(52)19(50)27(29(73-36)31(53)54)70-33-15(38-9(2)45)17(48)24(13(6-42)66-33)75-78(60,61)62/h11-30,33-36,40-43,47-52H,4-7H2,1-3H3,(H,37,44)(H,38,45)(H,39,46)(H,53,54)(H,55,56)(H,57,58,59)(H,60,61,62)(H,63,64,65)/t11-,12+,13+,14+,15+,16+,17+,18+,19+,20+,21+,22+,23-,24-,25-,26+,27-,28-,29-,30-,33-,34-,35+,36+/m0/s1. The van der Waals surface area contributed by atoms with Gasteiger partial charge in [0.2, 0.25) is 17.7 Å². The van der Waals surface area contributed by atoms with E-state index in [1.54, 1.807) is 0 Å². The van der Waals surface area contributed by atoms with Gasteiger partial charge in [0.25, 0.3) is 0 Å². The lowest BCUT2D eigenvalue weighted by Gasteiger charge is -2.50. The van der Waals surface area contributed by atoms with Crippen LogP contribution in [0.5, 0.6) is 0 Å². The molecule has 4 heterocycles. The highest BCUT2D eigenvalue weighted by Crippen LogP contribution is 2.37. The Balaban J connectivity index is 1.76. The van der Waals surface area contributed by atoms with Crippen LogP contribution >= 0.6 is 0 Å². The molecule has 0 radical (unpaired) electrons. The second-order valence-corrected chi connectivity index (χ2v) is 20.6. The van der Waals surface area contributed by atoms with Gasteiger partial charge in [-0.1, -0.05) is 0 Å². The highest BCUT2D eigenvalue weighted by Gasteiger charge is 2.60. The zero-order chi connectivity index (χ0) is 60.0. The molecular weight excluding hydrogens is 1160 g/mol. The molecule has 0 aromatic carbocycles. The second-order valence-electron chi connectivity index (χ2n) is 17.5. The molecule has 4 saturated heterocycles. The lowest BCUT2D eigenvalue weighted by molar-refractivity contribution is -0.370. The zero-order valence-corrected chi connectivity index (χ0v) is 43.0. The molecule has 0 aromatic heterocycles. The average molecular weight is 1220 g/mol. The monoisotopic (exact) mass is 1220 g/mol. The number of aliphatic hydroxyl groups excluding tert-OH is 10. The number of hydrogen-bond donors (Lipinski definition) is 18. The van der Waals surface area contributed by atoms with E-state index >= 15 is 0 Å². The maximum Gasteiger partial charge on any atom is 0.397 e. The largest absolute Gasteiger partial charge is 0.479 e. The van der Waals surface area contributed by atoms with Crippen LogP contribution in [0.15, 0.2) is 0 Å². The third kappa shape index (κ3) is 17.9. The van der Waals surface area contributed by atoms with Crippen molar-refractivity contribution in [3.8, 4) is 0 Å². The van der Waals surface area contributed by atoms with Crippen molar-refractivity contribution >= 4 is 60.9 Å². The molecule has 4 aliphatic heterocycles. The van der Waals surface area contributed by atoms with Crippen molar-refractivity contribution in [3.63, 3.8) is 0 Å². The van der Waals surface area contributed by atoms with Gasteiger partial charge >= 0.3 is 43.1 Å². The fraction of sp³-hybridized carbons (Fsp3) is 0.861. The van der Waals surface area contributed by atoms with Crippen molar-refractivity contribution in [2.45, 2.75) is 168 Å². The summed E-state index contributed by atoms with van der Waals surface area (Å²) >= 11 is 0. The van der Waals surface area contributed by atoms with Gasteiger partial charge in [-0.15, -0.1) is 0 Å². The van der Waals surface area contributed by atoms with Crippen LogP contribution in [0.25, 0.3) is 0 Å². The predicted octanol–water partition coefficient (Wildman–Crippen LogP) is -12.2. The third-order valence-electron chi connectivity index (χ3n) is 11.7. The Morgan fingerprint density at radius 3 is 1.35 bits per heavy atom. The highest BCUT2D eigenvalue weighted by atomic mass is 32.3. The molecular formula is C36H59N3O37S3. The van der Waals surface area contributed by atoms with Crippen LogP contribution in [-0.2, 0) is 106 Å². The Morgan fingerprint density at radius 2 is 0.937 bits per heavy atom. The molecule has 79 heavy (non-hydrogen) atoms. The number of nitrogens with one attached hydrogen (secondary N) is 3. The van der Waals surface area contributed by atoms with E-state index in [0.29, 0.717) is 0 Å². The van der Waals surface area contributed by atoms with Gasteiger partial charge in [-0.05, 0) is 0 Å². The number of ether oxygens (including phenoxy) is 8. The van der Waals surface area contributed by atoms with Gasteiger partial charge < -0.3 is 115 Å². The summed E-state index contributed by atoms with van der Waals surface area (Å²) in [6.45, 7) is -2.95. The molecule has 0 aliphatic carbocycles. The van der Waals surface area contributed by atoms with Crippen molar-refractivity contribution < 1.29 is 175 Å². The first kappa shape index (κ1) is 67.7. The number of carboxylic acids is 2. The number of carbonyl (C=O) groups excluding carboxylic acids is 3. The molecule has 4 aliphatic rings. The molecule has 3 amide bonds. The molecule has 43 heteroatoms. The Kier molecular flexibility index (Phi) is 24.0. The fourth-order valence-corrected chi connectivity index (χ4v) is 10.1. The molecule has 4 rings (SSSR count). The van der Waals surface area contributed by atoms with Crippen molar-refractivity contribution in [2.75, 3.05) is 26.4 Å². The molecule has 0 bridgehead atoms. The van der Waals surface area contributed by atoms with Crippen molar-refractivity contribution in [2.24, 2.45) is 0 Å². The minimum atomic E-state index is -5.78. The molecule has 0 unspecified atom stereocenters. The third-order valence-corrected chi connectivity index (χ3v) is 13.1. The minimum absolute atomic E-state index is 0.744. The summed E-state index contributed by atoms with van der Waals surface area (Å²) in [5.74, 6) is -7.51. The van der Waals surface area contributed by atoms with E-state index in [4.69, 9.17) is 37.9 Å². The molecule has 0 spiro atoms. The minimum Gasteiger partial charge on any atom is -0.479 e. The summed E-state index contributed by atoms with van der Waals surface area (Å²) in [5, 5.41) is 134. The molecule has 40 nitrogen and oxygen atoms in total. The van der Waals surface area contributed by atoms with E-state index in [0.717, 1.165) is 20.8 Å². The Labute approximate surface area is 444 Å². The van der Waals surface area contributed by atoms with Crippen LogP contribution < -0.4 is 16.0 Å². The SMILES string of the molecule is CC(=O)N[C@H]1[C@H](O[C@H]2[C@H](O)[C@@H](O)[C@H](O[C@@H]3[C@@H](NC(C)=O)[C@H](O[C@H]4[C@H](O)[C@@H](O)[C@H](O[C@@H]([C@@H](OS(=O)(=O)O)[C@H](O)CO)[C@H](CO)NC(C)=O)O[C@@H]4C(=O)O)O[C@H](CO)[C@@H]3OS(=O)(=O)O)O[C@@H]2C(=O)O)O[C@H](CO)[C@H](OS(=O)(=O)O)[C@@H]1O. The normalized spacial score (nSPS) is 37.2. The number of hydrogen-bond acceptors (Lipinski definition) is 32. The molecule has 458 valence electrons. The number of aliphatic hydroxyl groups is 10. The van der Waals surface area contributed by atoms with Crippen LogP contribution in [0.3, 0.4) is 0 Å². The zero-order valence-electron chi connectivity index (χ0n) is 40.6. The summed E-state index contributed by atoms with van der Waals surface area (Å²) < 4.78 is 157. The lowest BCUT2D eigenvalue weighted by atomic mass is 9.94. The van der Waals surface area contributed by atoms with E-state index in [1.807, 2.05) is 5.32 Å². The molecule has 0 aromatic rings. The van der Waals surface area contributed by atoms with Crippen molar-refractivity contribution in [1.29, 1.82) is 0 Å². The van der Waals surface area contributed by atoms with E-state index < -0.39 is 234 Å². The summed E-state index contributed by atoms with van der Waals surface area (Å²) in [7, 11) is -16.9. The number of aliphatic carboxylic acids is 2. The van der Waals surface area contributed by atoms with Crippen LogP contribution in [-0.4, -0.2) is 303 Å². The number of rotatable bonds is 26. The van der Waals surface area contributed by atoms with E-state index in [9.17, 15) is 124 Å². The van der Waals surface area contributed by atoms with E-state index in [-0.39, 0.29) is 0 Å². The molecule has 18 N–H and O–H groups in total. The van der Waals surface area contributed by atoms with Crippen LogP contribution in [0, 0.1) is 0 Å². The number of carbonyl (C=O) groups is 5. The average Bonchev–Trinajstić information content (AvgIpc) is 3.38. The van der Waals surface area contributed by atoms with Gasteiger partial charge in [0.15, 0.2) is 37.4 Å². The summed E-state index contributed by atoms with van der Waals surface area (Å²) in [5.41, 5.74) is 0. The van der Waals surface area contributed by atoms with Gasteiger partial charge in [-0.2, -0.15) is 25.3 Å². The molecule has 0 saturated carbocycles. The van der Waals surface area contributed by atoms with Crippen LogP contribution in [0.4, 0.5) is 0 Å². The Hall–Kier alpha value is -3.76. The number of amides is 3. The van der Waals surface area contributed by atoms with Crippen molar-refractivity contribution in [3.05, 3.63) is 0 Å². The Morgan fingerprint density at radius 1 is 0.506 bits per heavy atom. The van der Waals surface area contributed by atoms with Crippen molar-refractivity contribution in [1.82, 2.24) is 16.0 Å². The maximum absolute atomic E-state index is 12.8. The summed E-state index contributed by atoms with van der Waals surface area (Å²) in [4.78, 5) is 62.6. The van der Waals surface area contributed by atoms with Gasteiger partial charge in [0, 0.05) is 20.8 Å². The lowest BCUT2D eigenvalue weighted by Crippen LogP contribution is -2.71. The second kappa shape index (κ2) is 28.0. The highest BCUT2D eigenvalue weighted by molar-refractivity contribution is 7.81. The topological polar surface area (TPSA) is 629 Å². The number of carboxylic acid groups (broad SMARTS) is 2. The van der Waals surface area contributed by atoms with Gasteiger partial charge in [0.1, 0.15) is 104 Å². The van der Waals surface area contributed by atoms with Crippen LogP contribution in [0.2, 0.25) is 0 Å². The predicted molar refractivity (Wildman–Crippen MR) is 236 cm³/mol. The fourth-order valence-electron chi connectivity index (χ4n) is 8.50. The van der Waals surface area contributed by atoms with E-state index in [1.165, 1.54) is 0 Å². The first-order chi connectivity index (χ1) is 36.5.